The molecule has 0 unspecified atom stereocenters. The Balaban J connectivity index is 1.46. The highest BCUT2D eigenvalue weighted by atomic mass is 16.2. The molecule has 8 heteroatoms. The van der Waals surface area contributed by atoms with Crippen LogP contribution in [-0.2, 0) is 11.8 Å². The number of hydrogen-bond acceptors (Lipinski definition) is 5. The number of carbonyl (C=O) groups is 1. The summed E-state index contributed by atoms with van der Waals surface area (Å²) >= 11 is 0. The normalized spacial score (nSPS) is 13.8. The van der Waals surface area contributed by atoms with Gasteiger partial charge in [0.2, 0.25) is 5.91 Å². The van der Waals surface area contributed by atoms with Crippen LogP contribution in [-0.4, -0.2) is 56.4 Å². The number of nitriles is 1. The van der Waals surface area contributed by atoms with E-state index in [1.54, 1.807) is 22.3 Å². The van der Waals surface area contributed by atoms with Gasteiger partial charge in [0.1, 0.15) is 6.07 Å². The van der Waals surface area contributed by atoms with Gasteiger partial charge in [-0.1, -0.05) is 18.7 Å². The lowest BCUT2D eigenvalue weighted by Gasteiger charge is -2.36. The van der Waals surface area contributed by atoms with Crippen molar-refractivity contribution in [2.24, 2.45) is 7.05 Å². The number of aromatic nitrogens is 4. The molecule has 0 saturated carbocycles. The van der Waals surface area contributed by atoms with E-state index in [0.717, 1.165) is 46.5 Å². The molecular formula is C26H25N7O. The molecule has 0 radical (unpaired) electrons. The predicted octanol–water partition coefficient (Wildman–Crippen LogP) is 3.50. The second-order valence-corrected chi connectivity index (χ2v) is 8.61. The fourth-order valence-corrected chi connectivity index (χ4v) is 4.44. The predicted molar refractivity (Wildman–Crippen MR) is 131 cm³/mol. The van der Waals surface area contributed by atoms with Gasteiger partial charge in [-0.2, -0.15) is 15.5 Å². The first-order chi connectivity index (χ1) is 16.4. The Hall–Kier alpha value is -4.38. The summed E-state index contributed by atoms with van der Waals surface area (Å²) in [5, 5.41) is 18.3. The Morgan fingerprint density at radius 3 is 2.35 bits per heavy atom. The minimum Gasteiger partial charge on any atom is -0.368 e. The first kappa shape index (κ1) is 21.5. The van der Waals surface area contributed by atoms with E-state index in [1.165, 1.54) is 0 Å². The first-order valence-electron chi connectivity index (χ1n) is 11.2. The summed E-state index contributed by atoms with van der Waals surface area (Å²) in [6, 6.07) is 12.7. The van der Waals surface area contributed by atoms with E-state index >= 15 is 0 Å². The largest absolute Gasteiger partial charge is 0.368 e. The van der Waals surface area contributed by atoms with Crippen LogP contribution < -0.4 is 4.90 Å². The van der Waals surface area contributed by atoms with Gasteiger partial charge < -0.3 is 9.80 Å². The molecule has 170 valence electrons. The molecule has 0 bridgehead atoms. The zero-order valence-corrected chi connectivity index (χ0v) is 19.3. The number of pyridine rings is 1. The van der Waals surface area contributed by atoms with E-state index in [4.69, 9.17) is 0 Å². The molecule has 3 aromatic heterocycles. The SMILES string of the molecule is C=C(C)C(=O)N1CCN(c2ccc(-c3cc(-c4cnn(C)c4)cn4ncc(C#N)c34)cc2)CC1. The van der Waals surface area contributed by atoms with Crippen LogP contribution >= 0.6 is 0 Å². The molecule has 1 amide bonds. The maximum absolute atomic E-state index is 12.2. The molecule has 8 nitrogen and oxygen atoms in total. The van der Waals surface area contributed by atoms with E-state index in [0.29, 0.717) is 24.2 Å². The molecule has 1 saturated heterocycles. The first-order valence-corrected chi connectivity index (χ1v) is 11.2. The van der Waals surface area contributed by atoms with Gasteiger partial charge in [0.25, 0.3) is 0 Å². The lowest BCUT2D eigenvalue weighted by atomic mass is 9.99. The van der Waals surface area contributed by atoms with Gasteiger partial charge in [-0.3, -0.25) is 9.48 Å². The van der Waals surface area contributed by atoms with Gasteiger partial charge in [0.15, 0.2) is 0 Å². The third-order valence-corrected chi connectivity index (χ3v) is 6.25. The van der Waals surface area contributed by atoms with E-state index in [-0.39, 0.29) is 5.91 Å². The number of nitrogens with zero attached hydrogens (tertiary/aromatic N) is 7. The van der Waals surface area contributed by atoms with Crippen LogP contribution in [0.3, 0.4) is 0 Å². The molecule has 0 spiro atoms. The van der Waals surface area contributed by atoms with Gasteiger partial charge in [0, 0.05) is 73.6 Å². The van der Waals surface area contributed by atoms with Crippen LogP contribution in [0.25, 0.3) is 27.8 Å². The van der Waals surface area contributed by atoms with Crippen LogP contribution in [0.15, 0.2) is 67.3 Å². The third kappa shape index (κ3) is 3.82. The third-order valence-electron chi connectivity index (χ3n) is 6.25. The van der Waals surface area contributed by atoms with E-state index in [1.807, 2.05) is 30.5 Å². The Kier molecular flexibility index (Phi) is 5.38. The molecule has 4 heterocycles. The van der Waals surface area contributed by atoms with Crippen LogP contribution in [0.2, 0.25) is 0 Å². The van der Waals surface area contributed by atoms with Crippen molar-refractivity contribution in [1.29, 1.82) is 5.26 Å². The average molecular weight is 452 g/mol. The second-order valence-electron chi connectivity index (χ2n) is 8.61. The van der Waals surface area contributed by atoms with E-state index in [2.05, 4.69) is 58.1 Å². The molecular weight excluding hydrogens is 426 g/mol. The molecule has 5 rings (SSSR count). The highest BCUT2D eigenvalue weighted by molar-refractivity contribution is 5.92. The number of fused-ring (bicyclic) bond motifs is 1. The molecule has 0 aliphatic carbocycles. The van der Waals surface area contributed by atoms with Crippen molar-refractivity contribution in [3.05, 3.63) is 72.8 Å². The Morgan fingerprint density at radius 1 is 1.00 bits per heavy atom. The second kappa shape index (κ2) is 8.52. The quantitative estimate of drug-likeness (QED) is 0.444. The van der Waals surface area contributed by atoms with E-state index in [9.17, 15) is 10.1 Å². The number of benzene rings is 1. The lowest BCUT2D eigenvalue weighted by molar-refractivity contribution is -0.127. The summed E-state index contributed by atoms with van der Waals surface area (Å²) in [7, 11) is 1.89. The summed E-state index contributed by atoms with van der Waals surface area (Å²) in [6.45, 7) is 8.45. The number of aryl methyl sites for hydroxylation is 1. The van der Waals surface area contributed by atoms with E-state index < -0.39 is 0 Å². The average Bonchev–Trinajstić information content (AvgIpc) is 3.49. The minimum atomic E-state index is 0.0293. The molecule has 1 aromatic carbocycles. The monoisotopic (exact) mass is 451 g/mol. The number of anilines is 1. The number of rotatable bonds is 4. The topological polar surface area (TPSA) is 82.5 Å². The maximum Gasteiger partial charge on any atom is 0.249 e. The highest BCUT2D eigenvalue weighted by Crippen LogP contribution is 2.33. The standard InChI is InChI=1S/C26H25N7O/c1-18(2)26(34)32-10-8-31(9-11-32)23-6-4-19(5-7-23)24-12-20(22-15-28-30(3)16-22)17-33-25(24)21(13-27)14-29-33/h4-7,12,14-17H,1,8-11H2,2-3H3. The van der Waals surface area contributed by atoms with Gasteiger partial charge in [-0.25, -0.2) is 4.52 Å². The highest BCUT2D eigenvalue weighted by Gasteiger charge is 2.22. The van der Waals surface area contributed by atoms with Gasteiger partial charge in [-0.05, 0) is 30.7 Å². The van der Waals surface area contributed by atoms with Gasteiger partial charge in [-0.15, -0.1) is 0 Å². The fourth-order valence-electron chi connectivity index (χ4n) is 4.44. The molecule has 4 aromatic rings. The smallest absolute Gasteiger partial charge is 0.249 e. The molecule has 1 aliphatic heterocycles. The summed E-state index contributed by atoms with van der Waals surface area (Å²) in [5.74, 6) is 0.0293. The van der Waals surface area contributed by atoms with Crippen molar-refractivity contribution in [2.75, 3.05) is 31.1 Å². The zero-order chi connectivity index (χ0) is 23.8. The zero-order valence-electron chi connectivity index (χ0n) is 19.3. The maximum atomic E-state index is 12.2. The summed E-state index contributed by atoms with van der Waals surface area (Å²) in [6.07, 6.45) is 7.31. The Bertz CT molecular complexity index is 1430. The number of amides is 1. The number of carbonyl (C=O) groups excluding carboxylic acids is 1. The summed E-state index contributed by atoms with van der Waals surface area (Å²) in [4.78, 5) is 16.3. The van der Waals surface area contributed by atoms with Crippen molar-refractivity contribution in [3.8, 4) is 28.3 Å². The van der Waals surface area contributed by atoms with Crippen LogP contribution in [0.5, 0.6) is 0 Å². The van der Waals surface area contributed by atoms with Crippen molar-refractivity contribution in [1.82, 2.24) is 24.3 Å². The van der Waals surface area contributed by atoms with Crippen molar-refractivity contribution >= 4 is 17.1 Å². The van der Waals surface area contributed by atoms with Crippen LogP contribution in [0.1, 0.15) is 12.5 Å². The Morgan fingerprint density at radius 2 is 1.74 bits per heavy atom. The molecule has 0 atom stereocenters. The Labute approximate surface area is 197 Å². The molecule has 1 aliphatic rings. The molecule has 0 N–H and O–H groups in total. The molecule has 34 heavy (non-hydrogen) atoms. The summed E-state index contributed by atoms with van der Waals surface area (Å²) in [5.41, 5.74) is 6.93. The van der Waals surface area contributed by atoms with Gasteiger partial charge in [0.05, 0.1) is 23.5 Å². The number of piperazine rings is 1. The minimum absolute atomic E-state index is 0.0293. The number of hydrogen-bond donors (Lipinski definition) is 0. The van der Waals surface area contributed by atoms with Crippen LogP contribution in [0, 0.1) is 11.3 Å². The lowest BCUT2D eigenvalue weighted by Crippen LogP contribution is -2.48. The van der Waals surface area contributed by atoms with Crippen molar-refractivity contribution in [2.45, 2.75) is 6.92 Å². The van der Waals surface area contributed by atoms with Crippen LogP contribution in [0.4, 0.5) is 5.69 Å². The van der Waals surface area contributed by atoms with Crippen molar-refractivity contribution < 1.29 is 4.79 Å². The van der Waals surface area contributed by atoms with Crippen molar-refractivity contribution in [3.63, 3.8) is 0 Å². The summed E-state index contributed by atoms with van der Waals surface area (Å²) < 4.78 is 3.53. The molecule has 1 fully saturated rings. The van der Waals surface area contributed by atoms with Gasteiger partial charge >= 0.3 is 0 Å². The fraction of sp³-hybridized carbons (Fsp3) is 0.231.